The largest absolute Gasteiger partial charge is 0.489 e. The van der Waals surface area contributed by atoms with Crippen LogP contribution in [0.3, 0.4) is 0 Å². The average molecular weight is 300 g/mol. The third-order valence-electron chi connectivity index (χ3n) is 3.20. The number of aliphatic hydroxyl groups is 1. The molecule has 0 heterocycles. The van der Waals surface area contributed by atoms with Crippen LogP contribution in [0.5, 0.6) is 5.75 Å². The van der Waals surface area contributed by atoms with E-state index in [2.05, 4.69) is 4.98 Å². The zero-order chi connectivity index (χ0) is 15.9. The molecule has 22 heavy (non-hydrogen) atoms. The average Bonchev–Trinajstić information content (AvgIpc) is 2.56. The smallest absolute Gasteiger partial charge is 0.426 e. The van der Waals surface area contributed by atoms with E-state index in [1.165, 1.54) is 14.2 Å². The van der Waals surface area contributed by atoms with Crippen LogP contribution in [0.25, 0.3) is 4.98 Å². The van der Waals surface area contributed by atoms with Crippen LogP contribution in [-0.2, 0) is 4.74 Å². The highest BCUT2D eigenvalue weighted by molar-refractivity contribution is 5.70. The molecule has 6 nitrogen and oxygen atoms in total. The van der Waals surface area contributed by atoms with E-state index in [1.54, 1.807) is 23.1 Å². The SMILES string of the molecule is COCC(O)N(c1ccccc1)c1ccc([N+]#N)c(OC)c1. The molecule has 2 aromatic carbocycles. The number of methoxy groups -OCH3 is 2. The molecule has 1 atom stereocenters. The number of nitrogens with zero attached hydrogens (tertiary/aromatic N) is 3. The number of aliphatic hydroxyl groups excluding tert-OH is 1. The van der Waals surface area contributed by atoms with Gasteiger partial charge in [-0.3, -0.25) is 0 Å². The van der Waals surface area contributed by atoms with Crippen LogP contribution < -0.4 is 9.64 Å². The third-order valence-corrected chi connectivity index (χ3v) is 3.20. The summed E-state index contributed by atoms with van der Waals surface area (Å²) in [6.07, 6.45) is -0.867. The van der Waals surface area contributed by atoms with Gasteiger partial charge in [0.1, 0.15) is 0 Å². The monoisotopic (exact) mass is 300 g/mol. The molecular weight excluding hydrogens is 282 g/mol. The molecule has 0 aliphatic rings. The number of hydrogen-bond acceptors (Lipinski definition) is 5. The van der Waals surface area contributed by atoms with E-state index in [1.807, 2.05) is 30.3 Å². The van der Waals surface area contributed by atoms with Crippen LogP contribution in [0.4, 0.5) is 17.1 Å². The van der Waals surface area contributed by atoms with Crippen molar-refractivity contribution in [1.82, 2.24) is 0 Å². The minimum Gasteiger partial charge on any atom is -0.489 e. The minimum absolute atomic E-state index is 0.142. The maximum Gasteiger partial charge on any atom is 0.426 e. The van der Waals surface area contributed by atoms with Crippen LogP contribution in [0, 0.1) is 5.39 Å². The second-order valence-electron chi connectivity index (χ2n) is 4.60. The molecule has 1 unspecified atom stereocenters. The van der Waals surface area contributed by atoms with E-state index in [0.29, 0.717) is 17.1 Å². The predicted octanol–water partition coefficient (Wildman–Crippen LogP) is 3.28. The van der Waals surface area contributed by atoms with Gasteiger partial charge < -0.3 is 19.5 Å². The van der Waals surface area contributed by atoms with Crippen LogP contribution in [0.1, 0.15) is 0 Å². The van der Waals surface area contributed by atoms with Crippen LogP contribution >= 0.6 is 0 Å². The van der Waals surface area contributed by atoms with Gasteiger partial charge in [0.15, 0.2) is 11.2 Å². The number of benzene rings is 2. The van der Waals surface area contributed by atoms with Gasteiger partial charge >= 0.3 is 5.69 Å². The Kier molecular flexibility index (Phi) is 5.31. The van der Waals surface area contributed by atoms with Gasteiger partial charge in [0, 0.05) is 30.6 Å². The van der Waals surface area contributed by atoms with Crippen molar-refractivity contribution in [3.05, 3.63) is 53.5 Å². The molecule has 0 spiro atoms. The van der Waals surface area contributed by atoms with Gasteiger partial charge in [0.25, 0.3) is 0 Å². The molecule has 0 saturated heterocycles. The van der Waals surface area contributed by atoms with E-state index in [-0.39, 0.29) is 6.61 Å². The Labute approximate surface area is 129 Å². The topological polar surface area (TPSA) is 70.1 Å². The molecule has 2 rings (SSSR count). The summed E-state index contributed by atoms with van der Waals surface area (Å²) in [5, 5.41) is 19.3. The van der Waals surface area contributed by atoms with Crippen LogP contribution in [-0.4, -0.2) is 32.2 Å². The van der Waals surface area contributed by atoms with Crippen molar-refractivity contribution in [1.29, 1.82) is 5.39 Å². The number of hydrogen-bond donors (Lipinski definition) is 1. The number of para-hydroxylation sites is 1. The highest BCUT2D eigenvalue weighted by Gasteiger charge is 2.22. The van der Waals surface area contributed by atoms with Crippen molar-refractivity contribution in [3.63, 3.8) is 0 Å². The standard InChI is InChI=1S/C16H18N3O3/c1-21-11-16(20)19(12-6-4-3-5-7-12)13-8-9-14(18-17)15(10-13)22-2/h3-10,16,20H,11H2,1-2H3/q+1. The van der Waals surface area contributed by atoms with Gasteiger partial charge in [-0.1, -0.05) is 18.2 Å². The molecule has 0 aromatic heterocycles. The lowest BCUT2D eigenvalue weighted by molar-refractivity contribution is 0.0688. The summed E-state index contributed by atoms with van der Waals surface area (Å²) in [4.78, 5) is 4.88. The van der Waals surface area contributed by atoms with E-state index < -0.39 is 6.23 Å². The first-order valence-corrected chi connectivity index (χ1v) is 6.75. The number of ether oxygens (including phenoxy) is 2. The fourth-order valence-corrected chi connectivity index (χ4v) is 2.20. The molecule has 0 saturated carbocycles. The summed E-state index contributed by atoms with van der Waals surface area (Å²) in [6, 6.07) is 14.5. The van der Waals surface area contributed by atoms with Crippen LogP contribution in [0.15, 0.2) is 48.5 Å². The Morgan fingerprint density at radius 3 is 2.45 bits per heavy atom. The van der Waals surface area contributed by atoms with Gasteiger partial charge in [-0.2, -0.15) is 0 Å². The zero-order valence-corrected chi connectivity index (χ0v) is 12.5. The number of diazo groups is 1. The molecule has 0 bridgehead atoms. The molecule has 0 amide bonds. The minimum atomic E-state index is -0.867. The van der Waals surface area contributed by atoms with Crippen molar-refractivity contribution < 1.29 is 14.6 Å². The summed E-state index contributed by atoms with van der Waals surface area (Å²) in [5.41, 5.74) is 1.82. The van der Waals surface area contributed by atoms with Crippen molar-refractivity contribution in [2.75, 3.05) is 25.7 Å². The molecular formula is C16H18N3O3+. The molecule has 2 aromatic rings. The maximum absolute atomic E-state index is 10.4. The lowest BCUT2D eigenvalue weighted by Crippen LogP contribution is -2.34. The molecule has 0 aliphatic carbocycles. The van der Waals surface area contributed by atoms with Crippen molar-refractivity contribution in [2.45, 2.75) is 6.23 Å². The number of rotatable bonds is 6. The van der Waals surface area contributed by atoms with Crippen LogP contribution in [0.2, 0.25) is 0 Å². The predicted molar refractivity (Wildman–Crippen MR) is 84.2 cm³/mol. The molecule has 1 N–H and O–H groups in total. The Bertz CT molecular complexity index is 655. The van der Waals surface area contributed by atoms with E-state index in [4.69, 9.17) is 14.9 Å². The normalized spacial score (nSPS) is 11.5. The Morgan fingerprint density at radius 1 is 1.14 bits per heavy atom. The Morgan fingerprint density at radius 2 is 1.86 bits per heavy atom. The summed E-state index contributed by atoms with van der Waals surface area (Å²) in [7, 11) is 3.02. The molecule has 0 aliphatic heterocycles. The molecule has 6 heteroatoms. The summed E-state index contributed by atoms with van der Waals surface area (Å²) >= 11 is 0. The van der Waals surface area contributed by atoms with Gasteiger partial charge in [-0.15, -0.1) is 0 Å². The highest BCUT2D eigenvalue weighted by Crippen LogP contribution is 2.35. The van der Waals surface area contributed by atoms with Gasteiger partial charge in [0.2, 0.25) is 11.1 Å². The highest BCUT2D eigenvalue weighted by atomic mass is 16.5. The van der Waals surface area contributed by atoms with Crippen molar-refractivity contribution in [2.24, 2.45) is 0 Å². The Hall–Kier alpha value is -2.62. The fourth-order valence-electron chi connectivity index (χ4n) is 2.20. The van der Waals surface area contributed by atoms with Gasteiger partial charge in [0.05, 0.1) is 13.7 Å². The molecule has 0 radical (unpaired) electrons. The van der Waals surface area contributed by atoms with E-state index >= 15 is 0 Å². The first-order valence-electron chi connectivity index (χ1n) is 6.75. The zero-order valence-electron chi connectivity index (χ0n) is 12.5. The first-order chi connectivity index (χ1) is 10.7. The maximum atomic E-state index is 10.4. The van der Waals surface area contributed by atoms with E-state index in [9.17, 15) is 5.11 Å². The lowest BCUT2D eigenvalue weighted by Gasteiger charge is -2.29. The summed E-state index contributed by atoms with van der Waals surface area (Å²) in [6.45, 7) is 0.142. The van der Waals surface area contributed by atoms with Crippen molar-refractivity contribution in [3.8, 4) is 5.75 Å². The quantitative estimate of drug-likeness (QED) is 0.655. The van der Waals surface area contributed by atoms with Gasteiger partial charge in [-0.05, 0) is 18.2 Å². The Balaban J connectivity index is 2.48. The fraction of sp³-hybridized carbons (Fsp3) is 0.250. The van der Waals surface area contributed by atoms with Gasteiger partial charge in [-0.25, -0.2) is 0 Å². The molecule has 0 fully saturated rings. The lowest BCUT2D eigenvalue weighted by atomic mass is 10.2. The summed E-state index contributed by atoms with van der Waals surface area (Å²) < 4.78 is 10.3. The second-order valence-corrected chi connectivity index (χ2v) is 4.60. The summed E-state index contributed by atoms with van der Waals surface area (Å²) in [5.74, 6) is 0.408. The molecule has 114 valence electrons. The first kappa shape index (κ1) is 15.8. The second kappa shape index (κ2) is 7.41. The van der Waals surface area contributed by atoms with E-state index in [0.717, 1.165) is 5.69 Å². The third kappa shape index (κ3) is 3.34. The number of anilines is 2. The van der Waals surface area contributed by atoms with Crippen molar-refractivity contribution >= 4 is 17.1 Å².